The van der Waals surface area contributed by atoms with Crippen LogP contribution < -0.4 is 5.32 Å². The van der Waals surface area contributed by atoms with Gasteiger partial charge < -0.3 is 19.6 Å². The van der Waals surface area contributed by atoms with Gasteiger partial charge in [-0.3, -0.25) is 4.79 Å². The normalized spacial score (nSPS) is 21.6. The van der Waals surface area contributed by atoms with Crippen LogP contribution in [0.4, 0.5) is 0 Å². The first-order valence-corrected chi connectivity index (χ1v) is 7.49. The molecule has 1 saturated heterocycles. The number of carbonyl (C=O) groups excluding carboxylic acids is 1. The minimum atomic E-state index is -0.969. The van der Waals surface area contributed by atoms with E-state index in [1.165, 1.54) is 11.3 Å². The molecule has 0 aliphatic carbocycles. The molecule has 0 aromatic carbocycles. The Morgan fingerprint density at radius 2 is 2.48 bits per heavy atom. The van der Waals surface area contributed by atoms with Crippen LogP contribution in [-0.2, 0) is 4.74 Å². The van der Waals surface area contributed by atoms with Crippen LogP contribution in [0.1, 0.15) is 21.8 Å². The van der Waals surface area contributed by atoms with E-state index in [0.29, 0.717) is 29.5 Å². The van der Waals surface area contributed by atoms with Crippen molar-refractivity contribution in [3.8, 4) is 10.8 Å². The molecular formula is C14H16N2O4S. The minimum absolute atomic E-state index is 0.166. The molecule has 3 rings (SSSR count). The van der Waals surface area contributed by atoms with E-state index in [1.807, 2.05) is 6.92 Å². The number of hydrogen-bond donors (Lipinski definition) is 2. The van der Waals surface area contributed by atoms with Crippen LogP contribution in [0.5, 0.6) is 0 Å². The van der Waals surface area contributed by atoms with Crippen molar-refractivity contribution in [1.29, 1.82) is 0 Å². The average Bonchev–Trinajstić information content (AvgIpc) is 3.16. The fraction of sp³-hybridized carbons (Fsp3) is 0.429. The van der Waals surface area contributed by atoms with E-state index in [2.05, 4.69) is 10.3 Å². The fourth-order valence-electron chi connectivity index (χ4n) is 2.18. The number of aliphatic hydroxyl groups is 1. The standard InChI is InChI=1S/C14H16N2O4S/c1-9-11(16-13(21-9)10-3-2-5-20-10)12(17)15-7-14(18)4-6-19-8-14/h2-3,5,18H,4,6-8H2,1H3,(H,15,17). The van der Waals surface area contributed by atoms with E-state index in [9.17, 15) is 9.90 Å². The zero-order valence-electron chi connectivity index (χ0n) is 11.6. The van der Waals surface area contributed by atoms with Crippen LogP contribution in [0.25, 0.3) is 10.8 Å². The second-order valence-electron chi connectivity index (χ2n) is 5.11. The summed E-state index contributed by atoms with van der Waals surface area (Å²) < 4.78 is 10.4. The summed E-state index contributed by atoms with van der Waals surface area (Å²) in [6.45, 7) is 2.77. The maximum absolute atomic E-state index is 12.2. The van der Waals surface area contributed by atoms with E-state index < -0.39 is 5.60 Å². The van der Waals surface area contributed by atoms with Crippen molar-refractivity contribution in [2.24, 2.45) is 0 Å². The molecule has 0 bridgehead atoms. The molecule has 112 valence electrons. The molecule has 21 heavy (non-hydrogen) atoms. The molecule has 0 radical (unpaired) electrons. The number of rotatable bonds is 4. The lowest BCUT2D eigenvalue weighted by molar-refractivity contribution is 0.0264. The van der Waals surface area contributed by atoms with Crippen LogP contribution in [0.3, 0.4) is 0 Å². The molecule has 1 atom stereocenters. The largest absolute Gasteiger partial charge is 0.462 e. The molecule has 7 heteroatoms. The molecule has 1 amide bonds. The summed E-state index contributed by atoms with van der Waals surface area (Å²) in [5, 5.41) is 13.5. The molecule has 2 aromatic rings. The summed E-state index contributed by atoms with van der Waals surface area (Å²) in [7, 11) is 0. The van der Waals surface area contributed by atoms with E-state index in [-0.39, 0.29) is 19.1 Å². The Morgan fingerprint density at radius 1 is 1.62 bits per heavy atom. The number of ether oxygens (including phenoxy) is 1. The van der Waals surface area contributed by atoms with Crippen molar-refractivity contribution in [1.82, 2.24) is 10.3 Å². The van der Waals surface area contributed by atoms with Gasteiger partial charge in [-0.05, 0) is 19.1 Å². The third kappa shape index (κ3) is 2.99. The number of aromatic nitrogens is 1. The van der Waals surface area contributed by atoms with Gasteiger partial charge in [0.25, 0.3) is 5.91 Å². The average molecular weight is 308 g/mol. The quantitative estimate of drug-likeness (QED) is 0.896. The van der Waals surface area contributed by atoms with Gasteiger partial charge in [-0.25, -0.2) is 4.98 Å². The van der Waals surface area contributed by atoms with Crippen molar-refractivity contribution >= 4 is 17.2 Å². The second kappa shape index (κ2) is 5.59. The maximum atomic E-state index is 12.2. The number of nitrogens with zero attached hydrogens (tertiary/aromatic N) is 1. The van der Waals surface area contributed by atoms with Gasteiger partial charge >= 0.3 is 0 Å². The molecule has 3 heterocycles. The van der Waals surface area contributed by atoms with Gasteiger partial charge in [-0.2, -0.15) is 0 Å². The molecule has 1 aliphatic heterocycles. The highest BCUT2D eigenvalue weighted by Crippen LogP contribution is 2.28. The molecule has 1 aliphatic rings. The Hall–Kier alpha value is -1.70. The lowest BCUT2D eigenvalue weighted by Crippen LogP contribution is -2.43. The summed E-state index contributed by atoms with van der Waals surface area (Å²) in [6, 6.07) is 3.58. The Morgan fingerprint density at radius 3 is 3.14 bits per heavy atom. The molecule has 0 saturated carbocycles. The zero-order valence-corrected chi connectivity index (χ0v) is 12.4. The smallest absolute Gasteiger partial charge is 0.271 e. The van der Waals surface area contributed by atoms with Gasteiger partial charge in [-0.1, -0.05) is 0 Å². The number of nitrogens with one attached hydrogen (secondary N) is 1. The fourth-order valence-corrected chi connectivity index (χ4v) is 3.06. The third-order valence-electron chi connectivity index (χ3n) is 3.40. The Labute approximate surface area is 125 Å². The number of amides is 1. The number of thiazole rings is 1. The minimum Gasteiger partial charge on any atom is -0.462 e. The summed E-state index contributed by atoms with van der Waals surface area (Å²) in [5.41, 5.74) is -0.599. The van der Waals surface area contributed by atoms with Gasteiger partial charge in [0.05, 0.1) is 12.9 Å². The molecule has 2 N–H and O–H groups in total. The number of aryl methyl sites for hydroxylation is 1. The predicted molar refractivity (Wildman–Crippen MR) is 77.3 cm³/mol. The SMILES string of the molecule is Cc1sc(-c2ccco2)nc1C(=O)NCC1(O)CCOC1. The van der Waals surface area contributed by atoms with Gasteiger partial charge in [0, 0.05) is 24.4 Å². The highest BCUT2D eigenvalue weighted by Gasteiger charge is 2.33. The number of carbonyl (C=O) groups is 1. The number of hydrogen-bond acceptors (Lipinski definition) is 6. The van der Waals surface area contributed by atoms with Crippen molar-refractivity contribution in [2.75, 3.05) is 19.8 Å². The monoisotopic (exact) mass is 308 g/mol. The molecule has 1 unspecified atom stereocenters. The van der Waals surface area contributed by atoms with E-state index in [4.69, 9.17) is 9.15 Å². The lowest BCUT2D eigenvalue weighted by Gasteiger charge is -2.20. The van der Waals surface area contributed by atoms with E-state index in [0.717, 1.165) is 4.88 Å². The molecule has 6 nitrogen and oxygen atoms in total. The maximum Gasteiger partial charge on any atom is 0.271 e. The van der Waals surface area contributed by atoms with Crippen LogP contribution in [0.2, 0.25) is 0 Å². The molecular weight excluding hydrogens is 292 g/mol. The van der Waals surface area contributed by atoms with Crippen molar-refractivity contribution < 1.29 is 19.1 Å². The Balaban J connectivity index is 1.70. The van der Waals surface area contributed by atoms with Crippen molar-refractivity contribution in [2.45, 2.75) is 18.9 Å². The zero-order chi connectivity index (χ0) is 14.9. The van der Waals surface area contributed by atoms with Gasteiger partial charge in [-0.15, -0.1) is 11.3 Å². The highest BCUT2D eigenvalue weighted by molar-refractivity contribution is 7.15. The summed E-state index contributed by atoms with van der Waals surface area (Å²) in [5.74, 6) is 0.354. The third-order valence-corrected chi connectivity index (χ3v) is 4.39. The Bertz CT molecular complexity index is 629. The van der Waals surface area contributed by atoms with Gasteiger partial charge in [0.15, 0.2) is 10.8 Å². The topological polar surface area (TPSA) is 84.6 Å². The summed E-state index contributed by atoms with van der Waals surface area (Å²) in [6.07, 6.45) is 2.10. The van der Waals surface area contributed by atoms with Crippen LogP contribution in [-0.4, -0.2) is 41.4 Å². The highest BCUT2D eigenvalue weighted by atomic mass is 32.1. The van der Waals surface area contributed by atoms with E-state index in [1.54, 1.807) is 18.4 Å². The molecule has 2 aromatic heterocycles. The van der Waals surface area contributed by atoms with Crippen LogP contribution in [0, 0.1) is 6.92 Å². The summed E-state index contributed by atoms with van der Waals surface area (Å²) in [4.78, 5) is 17.3. The molecule has 1 fully saturated rings. The lowest BCUT2D eigenvalue weighted by atomic mass is 10.0. The second-order valence-corrected chi connectivity index (χ2v) is 6.31. The Kier molecular flexibility index (Phi) is 3.79. The molecule has 0 spiro atoms. The van der Waals surface area contributed by atoms with Crippen LogP contribution >= 0.6 is 11.3 Å². The van der Waals surface area contributed by atoms with Crippen molar-refractivity contribution in [3.05, 3.63) is 29.0 Å². The van der Waals surface area contributed by atoms with Gasteiger partial charge in [0.1, 0.15) is 11.3 Å². The first-order chi connectivity index (χ1) is 10.1. The van der Waals surface area contributed by atoms with Crippen molar-refractivity contribution in [3.63, 3.8) is 0 Å². The first kappa shape index (κ1) is 14.2. The van der Waals surface area contributed by atoms with Crippen LogP contribution in [0.15, 0.2) is 22.8 Å². The summed E-state index contributed by atoms with van der Waals surface area (Å²) >= 11 is 1.40. The predicted octanol–water partition coefficient (Wildman–Crippen LogP) is 1.59. The number of furan rings is 1. The van der Waals surface area contributed by atoms with Gasteiger partial charge in [0.2, 0.25) is 0 Å². The van der Waals surface area contributed by atoms with E-state index >= 15 is 0 Å². The first-order valence-electron chi connectivity index (χ1n) is 6.67.